The fraction of sp³-hybridized carbons (Fsp3) is 0.333. The number of hydrogen-bond donors (Lipinski definition) is 2. The third-order valence-corrected chi connectivity index (χ3v) is 3.60. The Morgan fingerprint density at radius 2 is 1.41 bits per heavy atom. The summed E-state index contributed by atoms with van der Waals surface area (Å²) in [6.07, 6.45) is 2.43. The summed E-state index contributed by atoms with van der Waals surface area (Å²) in [6.45, 7) is 0.803. The molecule has 0 aliphatic rings. The van der Waals surface area contributed by atoms with Crippen LogP contribution in [0.5, 0.6) is 0 Å². The topological polar surface area (TPSA) is 32.3 Å². The zero-order valence-electron chi connectivity index (χ0n) is 12.4. The average Bonchev–Trinajstić information content (AvgIpc) is 2.54. The second kappa shape index (κ2) is 8.61. The molecule has 0 aromatic heterocycles. The second-order valence-electron chi connectivity index (χ2n) is 5.39. The number of hydrogen-bond acceptors (Lipinski definition) is 2. The molecule has 2 aromatic carbocycles. The summed E-state index contributed by atoms with van der Waals surface area (Å²) in [4.78, 5) is 0. The van der Waals surface area contributed by atoms with Gasteiger partial charge in [-0.05, 0) is 61.2 Å². The molecule has 0 fully saturated rings. The molecule has 2 rings (SSSR count). The van der Waals surface area contributed by atoms with Gasteiger partial charge < -0.3 is 10.4 Å². The molecule has 118 valence electrons. The van der Waals surface area contributed by atoms with Crippen molar-refractivity contribution in [2.45, 2.75) is 25.3 Å². The quantitative estimate of drug-likeness (QED) is 0.735. The van der Waals surface area contributed by atoms with Crippen LogP contribution in [-0.4, -0.2) is 24.3 Å². The van der Waals surface area contributed by atoms with Crippen molar-refractivity contribution < 1.29 is 13.9 Å². The van der Waals surface area contributed by atoms with Crippen LogP contribution >= 0.6 is 0 Å². The number of rotatable bonds is 8. The van der Waals surface area contributed by atoms with Gasteiger partial charge in [0.25, 0.3) is 0 Å². The van der Waals surface area contributed by atoms with E-state index in [-0.39, 0.29) is 24.3 Å². The van der Waals surface area contributed by atoms with Crippen molar-refractivity contribution in [3.05, 3.63) is 71.3 Å². The third kappa shape index (κ3) is 5.54. The highest BCUT2D eigenvalue weighted by molar-refractivity contribution is 5.17. The first-order valence-corrected chi connectivity index (χ1v) is 7.50. The Hall–Kier alpha value is -1.78. The number of nitrogens with one attached hydrogen (secondary N) is 1. The molecule has 2 N–H and O–H groups in total. The Morgan fingerprint density at radius 3 is 1.95 bits per heavy atom. The van der Waals surface area contributed by atoms with Crippen molar-refractivity contribution in [3.8, 4) is 0 Å². The van der Waals surface area contributed by atoms with Gasteiger partial charge in [0.15, 0.2) is 0 Å². The minimum atomic E-state index is -0.253. The van der Waals surface area contributed by atoms with Crippen LogP contribution in [0.1, 0.15) is 17.5 Å². The van der Waals surface area contributed by atoms with Crippen LogP contribution in [0.25, 0.3) is 0 Å². The monoisotopic (exact) mass is 305 g/mol. The van der Waals surface area contributed by atoms with E-state index in [2.05, 4.69) is 5.32 Å². The van der Waals surface area contributed by atoms with Gasteiger partial charge in [-0.15, -0.1) is 0 Å². The number of halogens is 2. The molecule has 4 heteroatoms. The molecule has 0 aliphatic carbocycles. The molecule has 0 spiro atoms. The van der Waals surface area contributed by atoms with Crippen LogP contribution in [0, 0.1) is 11.6 Å². The molecule has 1 unspecified atom stereocenters. The maximum Gasteiger partial charge on any atom is 0.123 e. The van der Waals surface area contributed by atoms with Gasteiger partial charge in [0.2, 0.25) is 0 Å². The van der Waals surface area contributed by atoms with Crippen molar-refractivity contribution in [1.29, 1.82) is 0 Å². The molecule has 0 saturated carbocycles. The van der Waals surface area contributed by atoms with Crippen LogP contribution in [0.4, 0.5) is 8.78 Å². The van der Waals surface area contributed by atoms with Gasteiger partial charge >= 0.3 is 0 Å². The van der Waals surface area contributed by atoms with E-state index in [0.29, 0.717) is 6.42 Å². The summed E-state index contributed by atoms with van der Waals surface area (Å²) in [5, 5.41) is 12.7. The van der Waals surface area contributed by atoms with Crippen molar-refractivity contribution >= 4 is 0 Å². The predicted molar refractivity (Wildman–Crippen MR) is 83.7 cm³/mol. The highest BCUT2D eigenvalue weighted by atomic mass is 19.1. The Kier molecular flexibility index (Phi) is 6.49. The van der Waals surface area contributed by atoms with E-state index in [0.717, 1.165) is 30.5 Å². The van der Waals surface area contributed by atoms with Gasteiger partial charge in [-0.3, -0.25) is 0 Å². The van der Waals surface area contributed by atoms with Gasteiger partial charge in [0.1, 0.15) is 11.6 Å². The first-order valence-electron chi connectivity index (χ1n) is 7.50. The molecule has 2 nitrogen and oxygen atoms in total. The summed E-state index contributed by atoms with van der Waals surface area (Å²) in [7, 11) is 0. The van der Waals surface area contributed by atoms with E-state index < -0.39 is 0 Å². The predicted octanol–water partition coefficient (Wildman–Crippen LogP) is 3.09. The zero-order chi connectivity index (χ0) is 15.8. The minimum Gasteiger partial charge on any atom is -0.395 e. The summed E-state index contributed by atoms with van der Waals surface area (Å²) < 4.78 is 25.6. The highest BCUT2D eigenvalue weighted by Crippen LogP contribution is 2.07. The maximum absolute atomic E-state index is 12.9. The molecule has 2 aromatic rings. The fourth-order valence-corrected chi connectivity index (χ4v) is 2.36. The fourth-order valence-electron chi connectivity index (χ4n) is 2.36. The molecule has 0 amide bonds. The standard InChI is InChI=1S/C18H21F2NO/c19-16-7-3-14(4-8-16)2-1-11-21-18(13-22)12-15-5-9-17(20)10-6-15/h3-10,18,21-22H,1-2,11-13H2. The number of benzene rings is 2. The van der Waals surface area contributed by atoms with Crippen molar-refractivity contribution in [2.24, 2.45) is 0 Å². The van der Waals surface area contributed by atoms with Gasteiger partial charge in [-0.1, -0.05) is 24.3 Å². The maximum atomic E-state index is 12.9. The van der Waals surface area contributed by atoms with E-state index in [1.165, 1.54) is 24.3 Å². The summed E-state index contributed by atoms with van der Waals surface area (Å²) in [5.74, 6) is -0.474. The van der Waals surface area contributed by atoms with Crippen molar-refractivity contribution in [2.75, 3.05) is 13.2 Å². The molecule has 0 heterocycles. The Morgan fingerprint density at radius 1 is 0.864 bits per heavy atom. The molecule has 0 radical (unpaired) electrons. The Bertz CT molecular complexity index is 554. The summed E-state index contributed by atoms with van der Waals surface area (Å²) >= 11 is 0. The number of aliphatic hydroxyl groups is 1. The summed E-state index contributed by atoms with van der Waals surface area (Å²) in [6, 6.07) is 12.8. The molecule has 0 aliphatic heterocycles. The smallest absolute Gasteiger partial charge is 0.123 e. The molecule has 1 atom stereocenters. The van der Waals surface area contributed by atoms with Crippen molar-refractivity contribution in [1.82, 2.24) is 5.32 Å². The lowest BCUT2D eigenvalue weighted by Gasteiger charge is -2.16. The lowest BCUT2D eigenvalue weighted by atomic mass is 10.1. The highest BCUT2D eigenvalue weighted by Gasteiger charge is 2.07. The number of aliphatic hydroxyl groups excluding tert-OH is 1. The van der Waals surface area contributed by atoms with Crippen LogP contribution in [0.2, 0.25) is 0 Å². The third-order valence-electron chi connectivity index (χ3n) is 3.60. The average molecular weight is 305 g/mol. The van der Waals surface area contributed by atoms with Crippen LogP contribution in [0.3, 0.4) is 0 Å². The van der Waals surface area contributed by atoms with E-state index in [9.17, 15) is 13.9 Å². The first-order chi connectivity index (χ1) is 10.7. The molecular weight excluding hydrogens is 284 g/mol. The van der Waals surface area contributed by atoms with Gasteiger partial charge in [-0.25, -0.2) is 8.78 Å². The van der Waals surface area contributed by atoms with Crippen LogP contribution in [-0.2, 0) is 12.8 Å². The van der Waals surface area contributed by atoms with E-state index in [4.69, 9.17) is 0 Å². The summed E-state index contributed by atoms with van der Waals surface area (Å²) in [5.41, 5.74) is 2.09. The molecular formula is C18H21F2NO. The second-order valence-corrected chi connectivity index (χ2v) is 5.39. The lowest BCUT2D eigenvalue weighted by Crippen LogP contribution is -2.35. The van der Waals surface area contributed by atoms with Gasteiger partial charge in [0.05, 0.1) is 6.61 Å². The Labute approximate surface area is 129 Å². The lowest BCUT2D eigenvalue weighted by molar-refractivity contribution is 0.241. The Balaban J connectivity index is 1.71. The molecule has 0 saturated heterocycles. The first kappa shape index (κ1) is 16.6. The minimum absolute atomic E-state index is 0.0356. The zero-order valence-corrected chi connectivity index (χ0v) is 12.4. The molecule has 22 heavy (non-hydrogen) atoms. The van der Waals surface area contributed by atoms with Gasteiger partial charge in [-0.2, -0.15) is 0 Å². The van der Waals surface area contributed by atoms with Crippen LogP contribution < -0.4 is 5.32 Å². The van der Waals surface area contributed by atoms with Crippen molar-refractivity contribution in [3.63, 3.8) is 0 Å². The van der Waals surface area contributed by atoms with E-state index in [1.807, 2.05) is 0 Å². The van der Waals surface area contributed by atoms with Gasteiger partial charge in [0, 0.05) is 6.04 Å². The normalized spacial score (nSPS) is 12.3. The van der Waals surface area contributed by atoms with E-state index >= 15 is 0 Å². The largest absolute Gasteiger partial charge is 0.395 e. The van der Waals surface area contributed by atoms with E-state index in [1.54, 1.807) is 24.3 Å². The molecule has 0 bridgehead atoms. The SMILES string of the molecule is OCC(Cc1ccc(F)cc1)NCCCc1ccc(F)cc1. The van der Waals surface area contributed by atoms with Crippen LogP contribution in [0.15, 0.2) is 48.5 Å². The number of aryl methyl sites for hydroxylation is 1.